The van der Waals surface area contributed by atoms with Gasteiger partial charge in [0.1, 0.15) is 0 Å². The molecular weight excluding hydrogens is 266 g/mol. The molecule has 0 aliphatic heterocycles. The fraction of sp³-hybridized carbons (Fsp3) is 0.571. The van der Waals surface area contributed by atoms with Gasteiger partial charge in [0.2, 0.25) is 0 Å². The first-order valence-corrected chi connectivity index (χ1v) is 7.75. The quantitative estimate of drug-likeness (QED) is 0.720. The van der Waals surface area contributed by atoms with E-state index in [1.165, 1.54) is 5.56 Å². The van der Waals surface area contributed by atoms with Crippen molar-refractivity contribution in [2.75, 3.05) is 19.4 Å². The molecule has 0 aliphatic carbocycles. The number of thioether (sulfide) groups is 1. The minimum atomic E-state index is -0.148. The predicted octanol–water partition coefficient (Wildman–Crippen LogP) is 3.32. The van der Waals surface area contributed by atoms with Crippen LogP contribution < -0.4 is 5.32 Å². The number of likely N-dealkylation sites (N-methyl/N-ethyl adjacent to an activating group) is 1. The Bertz CT molecular complexity index is 355. The van der Waals surface area contributed by atoms with Crippen molar-refractivity contribution < 1.29 is 5.11 Å². The van der Waals surface area contributed by atoms with Gasteiger partial charge in [-0.1, -0.05) is 29.8 Å². The highest BCUT2D eigenvalue weighted by Gasteiger charge is 2.19. The first-order valence-electron chi connectivity index (χ1n) is 6.22. The minimum Gasteiger partial charge on any atom is -0.394 e. The third-order valence-electron chi connectivity index (χ3n) is 3.19. The first kappa shape index (κ1) is 15.8. The van der Waals surface area contributed by atoms with E-state index in [-0.39, 0.29) is 12.1 Å². The average Bonchev–Trinajstić information content (AvgIpc) is 2.40. The van der Waals surface area contributed by atoms with Gasteiger partial charge in [-0.2, -0.15) is 11.8 Å². The average molecular weight is 288 g/mol. The molecule has 1 rings (SSSR count). The smallest absolute Gasteiger partial charge is 0.0610 e. The Morgan fingerprint density at radius 2 is 2.11 bits per heavy atom. The van der Waals surface area contributed by atoms with Crippen LogP contribution in [0.1, 0.15) is 25.3 Å². The summed E-state index contributed by atoms with van der Waals surface area (Å²) >= 11 is 7.99. The number of hydrogen-bond acceptors (Lipinski definition) is 3. The highest BCUT2D eigenvalue weighted by molar-refractivity contribution is 7.98. The Morgan fingerprint density at radius 3 is 2.72 bits per heavy atom. The molecule has 102 valence electrons. The summed E-state index contributed by atoms with van der Waals surface area (Å²) in [5.74, 6) is 2.04. The van der Waals surface area contributed by atoms with Crippen molar-refractivity contribution in [2.24, 2.45) is 0 Å². The lowest BCUT2D eigenvalue weighted by Crippen LogP contribution is -2.43. The van der Waals surface area contributed by atoms with E-state index >= 15 is 0 Å². The van der Waals surface area contributed by atoms with Gasteiger partial charge in [0.05, 0.1) is 6.61 Å². The van der Waals surface area contributed by atoms with Crippen LogP contribution in [0.15, 0.2) is 24.3 Å². The summed E-state index contributed by atoms with van der Waals surface area (Å²) in [6.07, 6.45) is 2.07. The number of nitrogens with one attached hydrogen (secondary N) is 1. The molecule has 1 unspecified atom stereocenters. The van der Waals surface area contributed by atoms with E-state index in [9.17, 15) is 5.11 Å². The summed E-state index contributed by atoms with van der Waals surface area (Å²) in [5, 5.41) is 13.3. The van der Waals surface area contributed by atoms with Crippen molar-refractivity contribution >= 4 is 23.4 Å². The van der Waals surface area contributed by atoms with E-state index in [4.69, 9.17) is 11.6 Å². The zero-order valence-electron chi connectivity index (χ0n) is 11.1. The fourth-order valence-corrected chi connectivity index (χ4v) is 2.89. The molecule has 0 bridgehead atoms. The molecule has 0 aromatic heterocycles. The van der Waals surface area contributed by atoms with Crippen LogP contribution in [0, 0.1) is 0 Å². The fourth-order valence-electron chi connectivity index (χ4n) is 1.65. The van der Waals surface area contributed by atoms with Gasteiger partial charge in [0.25, 0.3) is 0 Å². The number of rotatable bonds is 8. The Hall–Kier alpha value is -0.220. The third kappa shape index (κ3) is 5.19. The van der Waals surface area contributed by atoms with Crippen molar-refractivity contribution in [3.8, 4) is 0 Å². The van der Waals surface area contributed by atoms with Gasteiger partial charge in [0, 0.05) is 16.3 Å². The van der Waals surface area contributed by atoms with E-state index in [1.807, 2.05) is 43.9 Å². The zero-order chi connectivity index (χ0) is 13.4. The molecule has 4 heteroatoms. The molecule has 0 heterocycles. The van der Waals surface area contributed by atoms with E-state index in [1.54, 1.807) is 0 Å². The number of halogens is 1. The summed E-state index contributed by atoms with van der Waals surface area (Å²) in [4.78, 5) is 0. The lowest BCUT2D eigenvalue weighted by Gasteiger charge is -2.26. The summed E-state index contributed by atoms with van der Waals surface area (Å²) in [6, 6.07) is 7.98. The van der Waals surface area contributed by atoms with Gasteiger partial charge in [-0.25, -0.2) is 0 Å². The van der Waals surface area contributed by atoms with Crippen LogP contribution in [0.5, 0.6) is 0 Å². The second-order valence-electron chi connectivity index (χ2n) is 4.72. The zero-order valence-corrected chi connectivity index (χ0v) is 12.7. The van der Waals surface area contributed by atoms with Gasteiger partial charge in [-0.3, -0.25) is 0 Å². The van der Waals surface area contributed by atoms with Crippen LogP contribution in [0.25, 0.3) is 0 Å². The van der Waals surface area contributed by atoms with Crippen LogP contribution >= 0.6 is 23.4 Å². The molecule has 0 fully saturated rings. The molecule has 1 aromatic rings. The van der Waals surface area contributed by atoms with Crippen LogP contribution in [-0.4, -0.2) is 30.1 Å². The van der Waals surface area contributed by atoms with Crippen LogP contribution in [0.3, 0.4) is 0 Å². The molecule has 0 amide bonds. The van der Waals surface area contributed by atoms with Gasteiger partial charge >= 0.3 is 0 Å². The topological polar surface area (TPSA) is 32.3 Å². The van der Waals surface area contributed by atoms with Gasteiger partial charge < -0.3 is 10.4 Å². The molecule has 2 N–H and O–H groups in total. The maximum absolute atomic E-state index is 9.27. The monoisotopic (exact) mass is 287 g/mol. The number of aliphatic hydroxyl groups excluding tert-OH is 1. The second kappa shape index (κ2) is 8.05. The van der Waals surface area contributed by atoms with Crippen molar-refractivity contribution in [1.29, 1.82) is 0 Å². The Balaban J connectivity index is 2.22. The van der Waals surface area contributed by atoms with Crippen LogP contribution in [-0.2, 0) is 5.75 Å². The summed E-state index contributed by atoms with van der Waals surface area (Å²) in [6.45, 7) is 2.23. The maximum Gasteiger partial charge on any atom is 0.0610 e. The Labute approximate surface area is 119 Å². The molecule has 0 spiro atoms. The van der Waals surface area contributed by atoms with Crippen molar-refractivity contribution in [3.05, 3.63) is 34.9 Å². The van der Waals surface area contributed by atoms with E-state index in [2.05, 4.69) is 11.4 Å². The minimum absolute atomic E-state index is 0.148. The summed E-state index contributed by atoms with van der Waals surface area (Å²) < 4.78 is 0. The first-order chi connectivity index (χ1) is 8.61. The van der Waals surface area contributed by atoms with Gasteiger partial charge in [0.15, 0.2) is 0 Å². The lowest BCUT2D eigenvalue weighted by atomic mass is 9.98. The van der Waals surface area contributed by atoms with Crippen molar-refractivity contribution in [1.82, 2.24) is 5.32 Å². The highest BCUT2D eigenvalue weighted by Crippen LogP contribution is 2.22. The van der Waals surface area contributed by atoms with E-state index < -0.39 is 0 Å². The van der Waals surface area contributed by atoms with E-state index in [0.29, 0.717) is 0 Å². The molecule has 0 aliphatic rings. The Morgan fingerprint density at radius 1 is 1.39 bits per heavy atom. The molecule has 0 saturated carbocycles. The largest absolute Gasteiger partial charge is 0.394 e. The molecular formula is C14H22ClNOS. The molecule has 18 heavy (non-hydrogen) atoms. The van der Waals surface area contributed by atoms with Crippen molar-refractivity contribution in [3.63, 3.8) is 0 Å². The summed E-state index contributed by atoms with van der Waals surface area (Å²) in [7, 11) is 1.90. The van der Waals surface area contributed by atoms with Crippen LogP contribution in [0.2, 0.25) is 5.02 Å². The normalized spacial score (nSPS) is 14.4. The Kier molecular flexibility index (Phi) is 7.08. The lowest BCUT2D eigenvalue weighted by molar-refractivity contribution is 0.173. The molecule has 1 aromatic carbocycles. The molecule has 2 nitrogen and oxygen atoms in total. The number of benzene rings is 1. The molecule has 0 radical (unpaired) electrons. The predicted molar refractivity (Wildman–Crippen MR) is 81.4 cm³/mol. The third-order valence-corrected chi connectivity index (χ3v) is 4.65. The highest BCUT2D eigenvalue weighted by atomic mass is 35.5. The maximum atomic E-state index is 9.27. The molecule has 0 saturated heterocycles. The molecule has 1 atom stereocenters. The van der Waals surface area contributed by atoms with E-state index in [0.717, 1.165) is 29.4 Å². The number of hydrogen-bond donors (Lipinski definition) is 2. The van der Waals surface area contributed by atoms with Crippen LogP contribution in [0.4, 0.5) is 0 Å². The number of aliphatic hydroxyl groups is 1. The van der Waals surface area contributed by atoms with Gasteiger partial charge in [-0.05, 0) is 44.2 Å². The second-order valence-corrected chi connectivity index (χ2v) is 6.23. The SMILES string of the molecule is CNC(C)(CO)CCCSCc1ccccc1Cl. The standard InChI is InChI=1S/C14H22ClNOS/c1-14(11-17,16-2)8-5-9-18-10-12-6-3-4-7-13(12)15/h3-4,6-7,16-17H,5,8-11H2,1-2H3. The summed E-state index contributed by atoms with van der Waals surface area (Å²) in [5.41, 5.74) is 1.05. The van der Waals surface area contributed by atoms with Gasteiger partial charge in [-0.15, -0.1) is 0 Å². The van der Waals surface area contributed by atoms with Crippen molar-refractivity contribution in [2.45, 2.75) is 31.1 Å².